The number of fused-ring (bicyclic) bond motifs is 1. The molecule has 0 fully saturated rings. The zero-order chi connectivity index (χ0) is 15.5. The normalized spacial score (nSPS) is 16.9. The first-order valence-corrected chi connectivity index (χ1v) is 7.44. The van der Waals surface area contributed by atoms with Crippen LogP contribution in [0.3, 0.4) is 0 Å². The number of rotatable bonds is 3. The van der Waals surface area contributed by atoms with Crippen molar-refractivity contribution >= 4 is 5.91 Å². The Balaban J connectivity index is 1.71. The van der Waals surface area contributed by atoms with E-state index in [0.29, 0.717) is 6.54 Å². The molecule has 2 aromatic rings. The monoisotopic (exact) mass is 297 g/mol. The predicted molar refractivity (Wildman–Crippen MR) is 85.0 cm³/mol. The highest BCUT2D eigenvalue weighted by atomic mass is 16.2. The SMILES string of the molecule is Cc1cc(=O)c(C(=O)NCC2NCCc3ccccc32)c[nH]1. The fourth-order valence-electron chi connectivity index (χ4n) is 2.82. The average molecular weight is 297 g/mol. The maximum absolute atomic E-state index is 12.2. The second-order valence-electron chi connectivity index (χ2n) is 5.56. The third kappa shape index (κ3) is 2.94. The molecule has 3 N–H and O–H groups in total. The van der Waals surface area contributed by atoms with Crippen LogP contribution in [0, 0.1) is 6.92 Å². The Labute approximate surface area is 128 Å². The fourth-order valence-corrected chi connectivity index (χ4v) is 2.82. The molecule has 0 spiro atoms. The lowest BCUT2D eigenvalue weighted by atomic mass is 9.94. The summed E-state index contributed by atoms with van der Waals surface area (Å²) in [5, 5.41) is 6.25. The first-order valence-electron chi connectivity index (χ1n) is 7.44. The largest absolute Gasteiger partial charge is 0.364 e. The standard InChI is InChI=1S/C17H19N3O2/c1-11-8-16(21)14(9-19-11)17(22)20-10-15-13-5-3-2-4-12(13)6-7-18-15/h2-5,8-9,15,18H,6-7,10H2,1H3,(H,19,21)(H,20,22). The van der Waals surface area contributed by atoms with Crippen molar-refractivity contribution in [3.63, 3.8) is 0 Å². The van der Waals surface area contributed by atoms with Crippen molar-refractivity contribution in [1.29, 1.82) is 0 Å². The van der Waals surface area contributed by atoms with Gasteiger partial charge in [0.1, 0.15) is 5.56 Å². The van der Waals surface area contributed by atoms with E-state index < -0.39 is 0 Å². The lowest BCUT2D eigenvalue weighted by Crippen LogP contribution is -2.39. The molecule has 1 aromatic carbocycles. The van der Waals surface area contributed by atoms with E-state index >= 15 is 0 Å². The van der Waals surface area contributed by atoms with E-state index in [2.05, 4.69) is 27.8 Å². The lowest BCUT2D eigenvalue weighted by molar-refractivity contribution is 0.0947. The van der Waals surface area contributed by atoms with E-state index in [-0.39, 0.29) is 22.9 Å². The molecule has 3 rings (SSSR count). The zero-order valence-corrected chi connectivity index (χ0v) is 12.5. The number of carbonyl (C=O) groups excluding carboxylic acids is 1. The number of aryl methyl sites for hydroxylation is 1. The van der Waals surface area contributed by atoms with Gasteiger partial charge in [-0.15, -0.1) is 0 Å². The molecule has 0 aliphatic carbocycles. The number of carbonyl (C=O) groups is 1. The number of pyridine rings is 1. The third-order valence-corrected chi connectivity index (χ3v) is 3.98. The number of aromatic amines is 1. The number of hydrogen-bond donors (Lipinski definition) is 3. The minimum atomic E-state index is -0.342. The second-order valence-corrected chi connectivity index (χ2v) is 5.56. The minimum absolute atomic E-state index is 0.0819. The number of H-pyrrole nitrogens is 1. The molecule has 0 saturated heterocycles. The van der Waals surface area contributed by atoms with Gasteiger partial charge in [0, 0.05) is 30.5 Å². The molecule has 1 aromatic heterocycles. The van der Waals surface area contributed by atoms with Crippen LogP contribution in [-0.4, -0.2) is 24.0 Å². The average Bonchev–Trinajstić information content (AvgIpc) is 2.52. The van der Waals surface area contributed by atoms with Crippen LogP contribution in [0.5, 0.6) is 0 Å². The highest BCUT2D eigenvalue weighted by Gasteiger charge is 2.20. The minimum Gasteiger partial charge on any atom is -0.364 e. The number of aromatic nitrogens is 1. The highest BCUT2D eigenvalue weighted by Crippen LogP contribution is 2.21. The van der Waals surface area contributed by atoms with E-state index in [1.165, 1.54) is 23.4 Å². The molecule has 1 amide bonds. The molecule has 1 atom stereocenters. The Kier molecular flexibility index (Phi) is 4.06. The molecule has 0 saturated carbocycles. The molecule has 0 radical (unpaired) electrons. The summed E-state index contributed by atoms with van der Waals surface area (Å²) in [6, 6.07) is 9.76. The summed E-state index contributed by atoms with van der Waals surface area (Å²) < 4.78 is 0. The van der Waals surface area contributed by atoms with Gasteiger partial charge in [0.05, 0.1) is 0 Å². The number of nitrogens with one attached hydrogen (secondary N) is 3. The van der Waals surface area contributed by atoms with Gasteiger partial charge in [-0.2, -0.15) is 0 Å². The van der Waals surface area contributed by atoms with Crippen molar-refractivity contribution in [2.24, 2.45) is 0 Å². The van der Waals surface area contributed by atoms with Crippen LogP contribution in [0.25, 0.3) is 0 Å². The topological polar surface area (TPSA) is 74.0 Å². The first kappa shape index (κ1) is 14.5. The van der Waals surface area contributed by atoms with Gasteiger partial charge < -0.3 is 15.6 Å². The Hall–Kier alpha value is -2.40. The van der Waals surface area contributed by atoms with Gasteiger partial charge in [0.15, 0.2) is 5.43 Å². The summed E-state index contributed by atoms with van der Waals surface area (Å²) in [7, 11) is 0. The molecule has 22 heavy (non-hydrogen) atoms. The highest BCUT2D eigenvalue weighted by molar-refractivity contribution is 5.93. The molecule has 0 bridgehead atoms. The van der Waals surface area contributed by atoms with Gasteiger partial charge >= 0.3 is 0 Å². The van der Waals surface area contributed by atoms with Crippen LogP contribution >= 0.6 is 0 Å². The molecule has 1 aliphatic rings. The van der Waals surface area contributed by atoms with Crippen molar-refractivity contribution in [1.82, 2.24) is 15.6 Å². The molecular formula is C17H19N3O2. The first-order chi connectivity index (χ1) is 10.6. The van der Waals surface area contributed by atoms with E-state index in [1.807, 2.05) is 12.1 Å². The van der Waals surface area contributed by atoms with Crippen LogP contribution in [-0.2, 0) is 6.42 Å². The van der Waals surface area contributed by atoms with Gasteiger partial charge in [-0.3, -0.25) is 9.59 Å². The van der Waals surface area contributed by atoms with Gasteiger partial charge in [0.25, 0.3) is 5.91 Å². The summed E-state index contributed by atoms with van der Waals surface area (Å²) in [5.74, 6) is -0.342. The summed E-state index contributed by atoms with van der Waals surface area (Å²) >= 11 is 0. The number of hydrogen-bond acceptors (Lipinski definition) is 3. The van der Waals surface area contributed by atoms with E-state index in [9.17, 15) is 9.59 Å². The molecule has 2 heterocycles. The third-order valence-electron chi connectivity index (χ3n) is 3.98. The lowest BCUT2D eigenvalue weighted by Gasteiger charge is -2.27. The van der Waals surface area contributed by atoms with E-state index in [1.54, 1.807) is 6.92 Å². The molecule has 114 valence electrons. The molecule has 5 nitrogen and oxygen atoms in total. The van der Waals surface area contributed by atoms with Crippen molar-refractivity contribution < 1.29 is 4.79 Å². The summed E-state index contributed by atoms with van der Waals surface area (Å²) in [5.41, 5.74) is 3.16. The van der Waals surface area contributed by atoms with Crippen LogP contribution in [0.15, 0.2) is 41.3 Å². The van der Waals surface area contributed by atoms with Gasteiger partial charge in [-0.25, -0.2) is 0 Å². The van der Waals surface area contributed by atoms with Crippen LogP contribution in [0.1, 0.15) is 33.2 Å². The summed E-state index contributed by atoms with van der Waals surface area (Å²) in [4.78, 5) is 26.9. The molecule has 1 aliphatic heterocycles. The number of amides is 1. The molecule has 1 unspecified atom stereocenters. The van der Waals surface area contributed by atoms with Crippen molar-refractivity contribution in [3.8, 4) is 0 Å². The Bertz CT molecular complexity index is 752. The summed E-state index contributed by atoms with van der Waals surface area (Å²) in [6.45, 7) is 3.14. The number of benzene rings is 1. The van der Waals surface area contributed by atoms with Crippen LogP contribution in [0.2, 0.25) is 0 Å². The maximum atomic E-state index is 12.2. The van der Waals surface area contributed by atoms with Crippen LogP contribution in [0.4, 0.5) is 0 Å². The Morgan fingerprint density at radius 1 is 1.36 bits per heavy atom. The Morgan fingerprint density at radius 2 is 2.18 bits per heavy atom. The van der Waals surface area contributed by atoms with E-state index in [0.717, 1.165) is 18.7 Å². The maximum Gasteiger partial charge on any atom is 0.256 e. The summed E-state index contributed by atoms with van der Waals surface area (Å²) in [6.07, 6.45) is 2.47. The van der Waals surface area contributed by atoms with E-state index in [4.69, 9.17) is 0 Å². The zero-order valence-electron chi connectivity index (χ0n) is 12.5. The Morgan fingerprint density at radius 3 is 3.00 bits per heavy atom. The predicted octanol–water partition coefficient (Wildman–Crippen LogP) is 1.30. The molecule has 5 heteroatoms. The van der Waals surface area contributed by atoms with Crippen molar-refractivity contribution in [3.05, 3.63) is 69.1 Å². The van der Waals surface area contributed by atoms with Gasteiger partial charge in [-0.1, -0.05) is 24.3 Å². The quantitative estimate of drug-likeness (QED) is 0.799. The second kappa shape index (κ2) is 6.15. The molecular weight excluding hydrogens is 278 g/mol. The van der Waals surface area contributed by atoms with Crippen molar-refractivity contribution in [2.45, 2.75) is 19.4 Å². The fraction of sp³-hybridized carbons (Fsp3) is 0.294. The van der Waals surface area contributed by atoms with Gasteiger partial charge in [0.2, 0.25) is 0 Å². The van der Waals surface area contributed by atoms with Crippen LogP contribution < -0.4 is 16.1 Å². The van der Waals surface area contributed by atoms with Gasteiger partial charge in [-0.05, 0) is 31.0 Å². The van der Waals surface area contributed by atoms with Crippen molar-refractivity contribution in [2.75, 3.05) is 13.1 Å². The smallest absolute Gasteiger partial charge is 0.256 e.